The van der Waals surface area contributed by atoms with E-state index in [1.54, 1.807) is 35.4 Å². The smallest absolute Gasteiger partial charge is 0.177 e. The Morgan fingerprint density at radius 2 is 2.22 bits per heavy atom. The number of hydrogen-bond donors (Lipinski definition) is 2. The summed E-state index contributed by atoms with van der Waals surface area (Å²) in [4.78, 5) is 8.28. The molecular weight excluding hydrogens is 347 g/mol. The van der Waals surface area contributed by atoms with Gasteiger partial charge in [-0.25, -0.2) is 14.4 Å². The van der Waals surface area contributed by atoms with Crippen LogP contribution in [0.2, 0.25) is 0 Å². The van der Waals surface area contributed by atoms with Gasteiger partial charge in [0, 0.05) is 36.5 Å². The Kier molecular flexibility index (Phi) is 4.64. The van der Waals surface area contributed by atoms with Gasteiger partial charge in [0.25, 0.3) is 0 Å². The van der Waals surface area contributed by atoms with E-state index in [1.165, 1.54) is 6.20 Å². The predicted molar refractivity (Wildman–Crippen MR) is 99.0 cm³/mol. The normalized spacial score (nSPS) is 19.7. The van der Waals surface area contributed by atoms with Crippen LogP contribution in [0.5, 0.6) is 5.75 Å². The van der Waals surface area contributed by atoms with Crippen molar-refractivity contribution < 1.29 is 9.50 Å². The number of allylic oxidation sites excluding steroid dienone is 1. The van der Waals surface area contributed by atoms with Gasteiger partial charge in [-0.3, -0.25) is 0 Å². The fourth-order valence-electron chi connectivity index (χ4n) is 3.23. The number of benzene rings is 1. The molecule has 2 aromatic heterocycles. The van der Waals surface area contributed by atoms with Crippen LogP contribution in [0.3, 0.4) is 0 Å². The first-order valence-electron chi connectivity index (χ1n) is 8.69. The first-order valence-corrected chi connectivity index (χ1v) is 8.69. The second-order valence-electron chi connectivity index (χ2n) is 6.48. The third kappa shape index (κ3) is 3.43. The average molecular weight is 366 g/mol. The molecule has 0 spiro atoms. The van der Waals surface area contributed by atoms with E-state index in [9.17, 15) is 9.50 Å². The van der Waals surface area contributed by atoms with Crippen LogP contribution in [-0.2, 0) is 0 Å². The summed E-state index contributed by atoms with van der Waals surface area (Å²) >= 11 is 0. The van der Waals surface area contributed by atoms with E-state index in [0.29, 0.717) is 35.6 Å². The van der Waals surface area contributed by atoms with E-state index in [0.717, 1.165) is 12.2 Å². The topological polar surface area (TPSA) is 88.8 Å². The maximum atomic E-state index is 14.1. The molecule has 8 heteroatoms. The molecule has 0 saturated carbocycles. The van der Waals surface area contributed by atoms with Crippen LogP contribution in [0, 0.1) is 5.92 Å². The van der Waals surface area contributed by atoms with Gasteiger partial charge in [-0.05, 0) is 30.7 Å². The van der Waals surface area contributed by atoms with Gasteiger partial charge in [-0.1, -0.05) is 6.58 Å². The lowest BCUT2D eigenvalue weighted by Crippen LogP contribution is -2.38. The highest BCUT2D eigenvalue weighted by Crippen LogP contribution is 2.31. The van der Waals surface area contributed by atoms with Crippen molar-refractivity contribution in [1.82, 2.24) is 30.0 Å². The molecule has 0 radical (unpaired) electrons. The lowest BCUT2D eigenvalue weighted by Gasteiger charge is -2.27. The zero-order valence-electron chi connectivity index (χ0n) is 14.6. The van der Waals surface area contributed by atoms with Gasteiger partial charge in [-0.2, -0.15) is 0 Å². The number of rotatable bonds is 4. The predicted octanol–water partition coefficient (Wildman–Crippen LogP) is 2.39. The van der Waals surface area contributed by atoms with Crippen LogP contribution in [0.15, 0.2) is 49.7 Å². The Hall–Kier alpha value is -3.13. The van der Waals surface area contributed by atoms with Crippen molar-refractivity contribution in [2.24, 2.45) is 5.92 Å². The zero-order chi connectivity index (χ0) is 18.8. The number of halogens is 1. The van der Waals surface area contributed by atoms with Gasteiger partial charge in [-0.15, -0.1) is 10.2 Å². The molecule has 0 unspecified atom stereocenters. The van der Waals surface area contributed by atoms with Crippen LogP contribution < -0.4 is 5.32 Å². The first kappa shape index (κ1) is 17.3. The molecule has 138 valence electrons. The maximum Gasteiger partial charge on any atom is 0.177 e. The quantitative estimate of drug-likeness (QED) is 0.737. The van der Waals surface area contributed by atoms with Crippen molar-refractivity contribution in [3.8, 4) is 22.7 Å². The molecule has 3 aromatic rings. The number of aromatic nitrogens is 5. The molecule has 27 heavy (non-hydrogen) atoms. The monoisotopic (exact) mass is 366 g/mol. The molecule has 2 atom stereocenters. The number of aromatic hydroxyl groups is 1. The molecule has 1 aliphatic heterocycles. The van der Waals surface area contributed by atoms with E-state index < -0.39 is 6.17 Å². The summed E-state index contributed by atoms with van der Waals surface area (Å²) in [6.45, 7) is 5.02. The van der Waals surface area contributed by atoms with Gasteiger partial charge in [0.15, 0.2) is 5.82 Å². The molecule has 0 aliphatic carbocycles. The summed E-state index contributed by atoms with van der Waals surface area (Å²) in [5.74, 6) is 0.0932. The van der Waals surface area contributed by atoms with E-state index in [4.69, 9.17) is 0 Å². The third-order valence-corrected chi connectivity index (χ3v) is 4.76. The zero-order valence-corrected chi connectivity index (χ0v) is 14.6. The van der Waals surface area contributed by atoms with Crippen LogP contribution in [0.25, 0.3) is 22.5 Å². The van der Waals surface area contributed by atoms with Crippen molar-refractivity contribution in [2.75, 3.05) is 13.1 Å². The molecule has 1 fully saturated rings. The lowest BCUT2D eigenvalue weighted by molar-refractivity contribution is 0.220. The van der Waals surface area contributed by atoms with Gasteiger partial charge in [0.1, 0.15) is 17.6 Å². The lowest BCUT2D eigenvalue weighted by atomic mass is 9.89. The number of imidazole rings is 1. The number of piperidine rings is 1. The Morgan fingerprint density at radius 1 is 1.33 bits per heavy atom. The molecule has 1 aliphatic rings. The fraction of sp³-hybridized carbons (Fsp3) is 0.263. The molecular formula is C19H19FN6O. The van der Waals surface area contributed by atoms with Crippen LogP contribution in [0.4, 0.5) is 4.39 Å². The van der Waals surface area contributed by atoms with Crippen LogP contribution >= 0.6 is 0 Å². The van der Waals surface area contributed by atoms with Gasteiger partial charge in [0.2, 0.25) is 0 Å². The number of phenols is 1. The summed E-state index contributed by atoms with van der Waals surface area (Å²) in [5.41, 5.74) is 2.28. The van der Waals surface area contributed by atoms with Crippen molar-refractivity contribution in [3.05, 3.63) is 55.5 Å². The number of nitrogens with one attached hydrogen (secondary N) is 1. The summed E-state index contributed by atoms with van der Waals surface area (Å²) in [7, 11) is 0. The highest BCUT2D eigenvalue weighted by Gasteiger charge is 2.28. The highest BCUT2D eigenvalue weighted by molar-refractivity contribution is 5.68. The van der Waals surface area contributed by atoms with Crippen molar-refractivity contribution in [1.29, 1.82) is 0 Å². The molecule has 3 heterocycles. The van der Waals surface area contributed by atoms with Crippen molar-refractivity contribution in [3.63, 3.8) is 0 Å². The van der Waals surface area contributed by atoms with E-state index in [1.807, 2.05) is 6.07 Å². The molecule has 1 aromatic carbocycles. The van der Waals surface area contributed by atoms with Gasteiger partial charge < -0.3 is 15.0 Å². The Morgan fingerprint density at radius 3 is 2.89 bits per heavy atom. The highest BCUT2D eigenvalue weighted by atomic mass is 19.1. The summed E-state index contributed by atoms with van der Waals surface area (Å²) in [5, 5.41) is 21.6. The fourth-order valence-corrected chi connectivity index (χ4v) is 3.23. The van der Waals surface area contributed by atoms with Gasteiger partial charge >= 0.3 is 0 Å². The Labute approximate surface area is 155 Å². The average Bonchev–Trinajstić information content (AvgIpc) is 3.23. The molecule has 0 bridgehead atoms. The summed E-state index contributed by atoms with van der Waals surface area (Å²) < 4.78 is 15.9. The summed E-state index contributed by atoms with van der Waals surface area (Å²) in [6.07, 6.45) is 6.27. The van der Waals surface area contributed by atoms with Crippen LogP contribution in [-0.4, -0.2) is 49.1 Å². The molecule has 2 N–H and O–H groups in total. The SMILES string of the molecule is C=C(c1ncc(-c2ccc(-n3ccnc3)cc2O)nn1)[C@H]1CCNC[C@H]1F. The Balaban J connectivity index is 1.56. The minimum absolute atomic E-state index is 0.0612. The number of nitrogens with zero attached hydrogens (tertiary/aromatic N) is 5. The number of alkyl halides is 1. The maximum absolute atomic E-state index is 14.1. The van der Waals surface area contributed by atoms with E-state index in [2.05, 4.69) is 32.1 Å². The first-order chi connectivity index (χ1) is 13.1. The third-order valence-electron chi connectivity index (χ3n) is 4.76. The minimum Gasteiger partial charge on any atom is -0.507 e. The standard InChI is InChI=1S/C19H19FN6O/c1-12(14-4-5-21-9-16(14)20)19-23-10-17(24-25-19)15-3-2-13(8-18(15)27)26-7-6-22-11-26/h2-3,6-8,10-11,14,16,21,27H,1,4-5,9H2/t14-,16-/m1/s1. The largest absolute Gasteiger partial charge is 0.507 e. The molecule has 0 amide bonds. The molecule has 4 rings (SSSR count). The Bertz CT molecular complexity index is 941. The molecule has 7 nitrogen and oxygen atoms in total. The molecule has 1 saturated heterocycles. The van der Waals surface area contributed by atoms with E-state index >= 15 is 0 Å². The summed E-state index contributed by atoms with van der Waals surface area (Å²) in [6, 6.07) is 5.21. The van der Waals surface area contributed by atoms with E-state index in [-0.39, 0.29) is 11.7 Å². The second kappa shape index (κ2) is 7.24. The number of phenolic OH excluding ortho intramolecular Hbond substituents is 1. The number of hydrogen-bond acceptors (Lipinski definition) is 6. The van der Waals surface area contributed by atoms with Crippen LogP contribution in [0.1, 0.15) is 12.2 Å². The van der Waals surface area contributed by atoms with Crippen molar-refractivity contribution >= 4 is 5.57 Å². The minimum atomic E-state index is -1.01. The van der Waals surface area contributed by atoms with Gasteiger partial charge in [0.05, 0.1) is 18.2 Å². The second-order valence-corrected chi connectivity index (χ2v) is 6.48. The van der Waals surface area contributed by atoms with Crippen molar-refractivity contribution in [2.45, 2.75) is 12.6 Å².